The second-order valence-corrected chi connectivity index (χ2v) is 6.40. The monoisotopic (exact) mass is 422 g/mol. The molecule has 25 heavy (non-hydrogen) atoms. The predicted octanol–water partition coefficient (Wildman–Crippen LogP) is 0.162. The van der Waals surface area contributed by atoms with Crippen LogP contribution in [0.25, 0.3) is 0 Å². The fourth-order valence-corrected chi connectivity index (χ4v) is 3.22. The Hall–Kier alpha value is -2.01. The van der Waals surface area contributed by atoms with Crippen LogP contribution < -0.4 is 11.2 Å². The highest BCUT2D eigenvalue weighted by Crippen LogP contribution is 2.36. The van der Waals surface area contributed by atoms with Gasteiger partial charge in [0, 0.05) is 20.0 Å². The Labute approximate surface area is 149 Å². The molecular formula is C14H16BrFN2O7. The molecule has 9 nitrogen and oxygen atoms in total. The summed E-state index contributed by atoms with van der Waals surface area (Å²) in [7, 11) is 0. The summed E-state index contributed by atoms with van der Waals surface area (Å²) in [5.41, 5.74) is -1.90. The fourth-order valence-electron chi connectivity index (χ4n) is 2.40. The van der Waals surface area contributed by atoms with Gasteiger partial charge in [-0.05, 0) is 0 Å². The number of nitrogens with one attached hydrogen (secondary N) is 1. The molecule has 1 aliphatic heterocycles. The van der Waals surface area contributed by atoms with Crippen LogP contribution in [0.2, 0.25) is 0 Å². The molecule has 2 rings (SSSR count). The van der Waals surface area contributed by atoms with Crippen LogP contribution in [-0.4, -0.2) is 45.1 Å². The summed E-state index contributed by atoms with van der Waals surface area (Å²) in [5.74, 6) is -1.15. The van der Waals surface area contributed by atoms with Gasteiger partial charge in [-0.1, -0.05) is 15.9 Å². The Balaban J connectivity index is 2.35. The third-order valence-corrected chi connectivity index (χ3v) is 4.45. The molecule has 0 saturated carbocycles. The molecular weight excluding hydrogens is 407 g/mol. The van der Waals surface area contributed by atoms with Gasteiger partial charge in [0.15, 0.2) is 6.23 Å². The van der Waals surface area contributed by atoms with E-state index in [9.17, 15) is 23.6 Å². The van der Waals surface area contributed by atoms with E-state index in [0.29, 0.717) is 0 Å². The van der Waals surface area contributed by atoms with E-state index in [1.807, 2.05) is 4.98 Å². The molecule has 1 fully saturated rings. The van der Waals surface area contributed by atoms with Gasteiger partial charge in [0.05, 0.1) is 10.4 Å². The van der Waals surface area contributed by atoms with Crippen molar-refractivity contribution in [2.24, 2.45) is 0 Å². The molecule has 4 atom stereocenters. The molecule has 0 aromatic carbocycles. The van der Waals surface area contributed by atoms with E-state index in [4.69, 9.17) is 14.2 Å². The van der Waals surface area contributed by atoms with Gasteiger partial charge in [0.25, 0.3) is 5.56 Å². The average Bonchev–Trinajstić information content (AvgIpc) is 2.82. The maximum atomic E-state index is 12.9. The van der Waals surface area contributed by atoms with E-state index >= 15 is 0 Å². The van der Waals surface area contributed by atoms with Gasteiger partial charge in [-0.15, -0.1) is 0 Å². The van der Waals surface area contributed by atoms with Crippen LogP contribution >= 0.6 is 15.9 Å². The van der Waals surface area contributed by atoms with Crippen LogP contribution in [-0.2, 0) is 30.5 Å². The van der Waals surface area contributed by atoms with Gasteiger partial charge >= 0.3 is 17.6 Å². The molecule has 1 aromatic heterocycles. The molecule has 0 bridgehead atoms. The Morgan fingerprint density at radius 2 is 2.04 bits per heavy atom. The van der Waals surface area contributed by atoms with Crippen LogP contribution in [0.5, 0.6) is 0 Å². The molecule has 0 spiro atoms. The van der Waals surface area contributed by atoms with Crippen molar-refractivity contribution in [2.45, 2.75) is 43.8 Å². The Kier molecular flexibility index (Phi) is 6.11. The van der Waals surface area contributed by atoms with Crippen molar-refractivity contribution in [3.63, 3.8) is 0 Å². The SMILES string of the molecule is CC(=O)OC[C@H]1O[C@@H](n2cc(CF)c(=O)[nH]c2=O)[C@H](Br)[C@@H]1OC(C)=O. The highest BCUT2D eigenvalue weighted by Gasteiger charge is 2.47. The largest absolute Gasteiger partial charge is 0.463 e. The summed E-state index contributed by atoms with van der Waals surface area (Å²) in [6.07, 6.45) is -1.69. The van der Waals surface area contributed by atoms with Crippen molar-refractivity contribution in [1.29, 1.82) is 0 Å². The summed E-state index contributed by atoms with van der Waals surface area (Å²) in [5, 5.41) is 0. The van der Waals surface area contributed by atoms with Crippen molar-refractivity contribution in [3.8, 4) is 0 Å². The number of hydrogen-bond acceptors (Lipinski definition) is 7. The first-order chi connectivity index (χ1) is 11.7. The summed E-state index contributed by atoms with van der Waals surface area (Å²) in [6, 6.07) is 0. The lowest BCUT2D eigenvalue weighted by Crippen LogP contribution is -2.38. The number of carbonyl (C=O) groups excluding carboxylic acids is 2. The van der Waals surface area contributed by atoms with E-state index in [1.54, 1.807) is 0 Å². The van der Waals surface area contributed by atoms with Crippen molar-refractivity contribution in [3.05, 3.63) is 32.6 Å². The van der Waals surface area contributed by atoms with Gasteiger partial charge in [0.1, 0.15) is 25.5 Å². The summed E-state index contributed by atoms with van der Waals surface area (Å²) in [6.45, 7) is 1.13. The number of carbonyl (C=O) groups is 2. The third kappa shape index (κ3) is 4.34. The zero-order valence-electron chi connectivity index (χ0n) is 13.4. The van der Waals surface area contributed by atoms with Crippen LogP contribution in [0.15, 0.2) is 15.8 Å². The fraction of sp³-hybridized carbons (Fsp3) is 0.571. The molecule has 2 heterocycles. The van der Waals surface area contributed by atoms with Gasteiger partial charge < -0.3 is 14.2 Å². The smallest absolute Gasteiger partial charge is 0.330 e. The van der Waals surface area contributed by atoms with E-state index in [-0.39, 0.29) is 12.2 Å². The molecule has 11 heteroatoms. The Morgan fingerprint density at radius 3 is 2.60 bits per heavy atom. The second-order valence-electron chi connectivity index (χ2n) is 5.34. The molecule has 1 aromatic rings. The Morgan fingerprint density at radius 1 is 1.36 bits per heavy atom. The van der Waals surface area contributed by atoms with Crippen molar-refractivity contribution >= 4 is 27.9 Å². The minimum absolute atomic E-state index is 0.208. The van der Waals surface area contributed by atoms with Gasteiger partial charge in [-0.25, -0.2) is 9.18 Å². The minimum Gasteiger partial charge on any atom is -0.463 e. The average molecular weight is 423 g/mol. The van der Waals surface area contributed by atoms with Gasteiger partial charge in [-0.2, -0.15) is 0 Å². The second kappa shape index (κ2) is 7.91. The number of H-pyrrole nitrogens is 1. The number of alkyl halides is 2. The highest BCUT2D eigenvalue weighted by molar-refractivity contribution is 9.09. The van der Waals surface area contributed by atoms with E-state index in [1.165, 1.54) is 13.8 Å². The summed E-state index contributed by atoms with van der Waals surface area (Å²) in [4.78, 5) is 47.1. The quantitative estimate of drug-likeness (QED) is 0.530. The molecule has 0 amide bonds. The lowest BCUT2D eigenvalue weighted by molar-refractivity contribution is -0.155. The van der Waals surface area contributed by atoms with Crippen LogP contribution in [0, 0.1) is 0 Å². The molecule has 0 aliphatic carbocycles. The summed E-state index contributed by atoms with van der Waals surface area (Å²) >= 11 is 3.29. The van der Waals surface area contributed by atoms with Gasteiger partial charge in [0.2, 0.25) is 0 Å². The van der Waals surface area contributed by atoms with Crippen LogP contribution in [0.4, 0.5) is 4.39 Å². The zero-order valence-corrected chi connectivity index (χ0v) is 14.9. The van der Waals surface area contributed by atoms with E-state index in [2.05, 4.69) is 15.9 Å². The number of aromatic amines is 1. The highest BCUT2D eigenvalue weighted by atomic mass is 79.9. The zero-order chi connectivity index (χ0) is 18.7. The summed E-state index contributed by atoms with van der Waals surface area (Å²) < 4.78 is 29.6. The van der Waals surface area contributed by atoms with Crippen LogP contribution in [0.1, 0.15) is 25.6 Å². The lowest BCUT2D eigenvalue weighted by Gasteiger charge is -2.19. The van der Waals surface area contributed by atoms with E-state index in [0.717, 1.165) is 10.8 Å². The van der Waals surface area contributed by atoms with Gasteiger partial charge in [-0.3, -0.25) is 23.9 Å². The number of nitrogens with zero attached hydrogens (tertiary/aromatic N) is 1. The topological polar surface area (TPSA) is 117 Å². The Bertz CT molecular complexity index is 777. The first-order valence-corrected chi connectivity index (χ1v) is 8.16. The van der Waals surface area contributed by atoms with Crippen molar-refractivity contribution in [2.75, 3.05) is 6.61 Å². The molecule has 1 aliphatic rings. The number of aromatic nitrogens is 2. The number of halogens is 2. The minimum atomic E-state index is -1.07. The van der Waals surface area contributed by atoms with E-state index < -0.39 is 53.1 Å². The van der Waals surface area contributed by atoms with Crippen molar-refractivity contribution < 1.29 is 28.2 Å². The number of hydrogen-bond donors (Lipinski definition) is 1. The number of esters is 2. The van der Waals surface area contributed by atoms with Crippen LogP contribution in [0.3, 0.4) is 0 Å². The maximum Gasteiger partial charge on any atom is 0.330 e. The number of rotatable bonds is 5. The molecule has 138 valence electrons. The normalized spacial score (nSPS) is 25.6. The third-order valence-electron chi connectivity index (χ3n) is 3.48. The molecule has 1 saturated heterocycles. The lowest BCUT2D eigenvalue weighted by atomic mass is 10.2. The standard InChI is InChI=1S/C14H16BrFN2O7/c1-6(19)23-5-9-11(24-7(2)20)10(15)13(25-9)18-4-8(3-16)12(21)17-14(18)22/h4,9-11,13H,3,5H2,1-2H3,(H,17,21,22)/t9-,10-,11-,13-/m1/s1. The number of ether oxygens (including phenoxy) is 3. The predicted molar refractivity (Wildman–Crippen MR) is 84.9 cm³/mol. The maximum absolute atomic E-state index is 12.9. The van der Waals surface area contributed by atoms with Crippen molar-refractivity contribution in [1.82, 2.24) is 9.55 Å². The molecule has 0 radical (unpaired) electrons. The first-order valence-electron chi connectivity index (χ1n) is 7.25. The first kappa shape index (κ1) is 19.3. The molecule has 1 N–H and O–H groups in total. The molecule has 0 unspecified atom stereocenters.